The Bertz CT molecular complexity index is 1080. The molecule has 0 saturated heterocycles. The van der Waals surface area contributed by atoms with E-state index < -0.39 is 0 Å². The molecule has 2 aromatic carbocycles. The molecule has 0 saturated carbocycles. The van der Waals surface area contributed by atoms with Gasteiger partial charge in [-0.15, -0.1) is 0 Å². The second-order valence-corrected chi connectivity index (χ2v) is 7.88. The molecule has 5 heteroatoms. The maximum atomic E-state index is 12.6. The number of para-hydroxylation sites is 1. The van der Waals surface area contributed by atoms with E-state index in [-0.39, 0.29) is 5.91 Å². The van der Waals surface area contributed by atoms with Crippen LogP contribution in [0.25, 0.3) is 0 Å². The minimum atomic E-state index is -0.263. The molecule has 0 radical (unpaired) electrons. The van der Waals surface area contributed by atoms with E-state index in [1.165, 1.54) is 33.4 Å². The van der Waals surface area contributed by atoms with Crippen LogP contribution in [0.2, 0.25) is 0 Å². The largest absolute Gasteiger partial charge is 0.493 e. The summed E-state index contributed by atoms with van der Waals surface area (Å²) in [6.45, 7) is 11.1. The van der Waals surface area contributed by atoms with Crippen molar-refractivity contribution in [3.63, 3.8) is 0 Å². The average molecular weight is 422 g/mol. The lowest BCUT2D eigenvalue weighted by Crippen LogP contribution is -2.22. The number of rotatable bonds is 7. The molecule has 3 aromatic rings. The highest BCUT2D eigenvalue weighted by molar-refractivity contribution is 5.91. The highest BCUT2D eigenvalue weighted by Gasteiger charge is 2.17. The molecule has 0 unspecified atom stereocenters. The lowest BCUT2D eigenvalue weighted by molar-refractivity contribution is 0.0921. The number of ether oxygens (including phenoxy) is 2. The van der Waals surface area contributed by atoms with Crippen LogP contribution >= 0.6 is 0 Å². The monoisotopic (exact) mass is 421 g/mol. The van der Waals surface area contributed by atoms with Crippen LogP contribution in [0.5, 0.6) is 11.5 Å². The van der Waals surface area contributed by atoms with Crippen molar-refractivity contribution in [1.82, 2.24) is 5.32 Å². The van der Waals surface area contributed by atoms with Crippen molar-refractivity contribution >= 4 is 5.91 Å². The van der Waals surface area contributed by atoms with E-state index in [4.69, 9.17) is 13.9 Å². The summed E-state index contributed by atoms with van der Waals surface area (Å²) in [5.74, 6) is 2.05. The van der Waals surface area contributed by atoms with Crippen LogP contribution in [0.3, 0.4) is 0 Å². The fourth-order valence-electron chi connectivity index (χ4n) is 3.97. The Hall–Kier alpha value is -3.21. The highest BCUT2D eigenvalue weighted by Crippen LogP contribution is 2.31. The van der Waals surface area contributed by atoms with Gasteiger partial charge in [0.2, 0.25) is 0 Å². The molecule has 0 atom stereocenters. The molecular formula is C26H31NO4. The molecule has 3 rings (SSSR count). The van der Waals surface area contributed by atoms with Gasteiger partial charge in [-0.2, -0.15) is 0 Å². The van der Waals surface area contributed by atoms with Crippen LogP contribution in [0.4, 0.5) is 0 Å². The van der Waals surface area contributed by atoms with Gasteiger partial charge < -0.3 is 19.2 Å². The van der Waals surface area contributed by atoms with Gasteiger partial charge in [0, 0.05) is 18.5 Å². The molecule has 0 fully saturated rings. The van der Waals surface area contributed by atoms with Gasteiger partial charge >= 0.3 is 0 Å². The zero-order chi connectivity index (χ0) is 22.7. The van der Waals surface area contributed by atoms with Gasteiger partial charge in [0.25, 0.3) is 5.91 Å². The van der Waals surface area contributed by atoms with Gasteiger partial charge in [-0.25, -0.2) is 0 Å². The highest BCUT2D eigenvalue weighted by atomic mass is 16.5. The van der Waals surface area contributed by atoms with Crippen molar-refractivity contribution in [2.75, 3.05) is 14.2 Å². The third-order valence-electron chi connectivity index (χ3n) is 6.32. The van der Waals surface area contributed by atoms with Crippen LogP contribution in [0, 0.1) is 34.6 Å². The van der Waals surface area contributed by atoms with Crippen LogP contribution < -0.4 is 14.8 Å². The van der Waals surface area contributed by atoms with Crippen LogP contribution in [0.1, 0.15) is 55.3 Å². The van der Waals surface area contributed by atoms with Crippen molar-refractivity contribution < 1.29 is 18.7 Å². The number of carbonyl (C=O) groups excluding carboxylic acids is 1. The molecule has 0 aliphatic carbocycles. The number of hydrogen-bond acceptors (Lipinski definition) is 4. The van der Waals surface area contributed by atoms with Gasteiger partial charge in [-0.3, -0.25) is 4.79 Å². The summed E-state index contributed by atoms with van der Waals surface area (Å²) in [5.41, 5.74) is 8.64. The van der Waals surface area contributed by atoms with Gasteiger partial charge in [-0.1, -0.05) is 12.1 Å². The molecule has 1 amide bonds. The quantitative estimate of drug-likeness (QED) is 0.558. The van der Waals surface area contributed by atoms with Gasteiger partial charge in [0.15, 0.2) is 17.3 Å². The Morgan fingerprint density at radius 3 is 2.13 bits per heavy atom. The summed E-state index contributed by atoms with van der Waals surface area (Å²) in [7, 11) is 3.17. The summed E-state index contributed by atoms with van der Waals surface area (Å²) in [6.07, 6.45) is 0.663. The Morgan fingerprint density at radius 2 is 1.52 bits per heavy atom. The fraction of sp³-hybridized carbons (Fsp3) is 0.346. The first kappa shape index (κ1) is 22.5. The minimum Gasteiger partial charge on any atom is -0.493 e. The zero-order valence-electron chi connectivity index (χ0n) is 19.4. The summed E-state index contributed by atoms with van der Waals surface area (Å²) < 4.78 is 16.6. The second-order valence-electron chi connectivity index (χ2n) is 7.88. The molecule has 5 nitrogen and oxygen atoms in total. The van der Waals surface area contributed by atoms with Gasteiger partial charge in [0.1, 0.15) is 5.76 Å². The molecule has 1 heterocycles. The fourth-order valence-corrected chi connectivity index (χ4v) is 3.97. The standard InChI is InChI=1S/C26H31NO4/c1-15-16(2)18(4)22(19(5)17(15)3)13-21-11-12-24(31-21)26(28)27-14-20-9-8-10-23(29-6)25(20)30-7/h8-12H,13-14H2,1-7H3,(H,27,28). The average Bonchev–Trinajstić information content (AvgIpc) is 3.26. The van der Waals surface area contributed by atoms with E-state index >= 15 is 0 Å². The maximum absolute atomic E-state index is 12.6. The molecule has 0 bridgehead atoms. The van der Waals surface area contributed by atoms with Crippen molar-refractivity contribution in [3.05, 3.63) is 80.8 Å². The molecule has 0 aliphatic rings. The third kappa shape index (κ3) is 4.46. The molecule has 164 valence electrons. The van der Waals surface area contributed by atoms with Crippen molar-refractivity contribution in [2.24, 2.45) is 0 Å². The minimum absolute atomic E-state index is 0.263. The maximum Gasteiger partial charge on any atom is 0.287 e. The first-order chi connectivity index (χ1) is 14.8. The lowest BCUT2D eigenvalue weighted by Gasteiger charge is -2.18. The summed E-state index contributed by atoms with van der Waals surface area (Å²) in [4.78, 5) is 12.6. The predicted molar refractivity (Wildman–Crippen MR) is 122 cm³/mol. The molecular weight excluding hydrogens is 390 g/mol. The van der Waals surface area contributed by atoms with Crippen LogP contribution in [-0.4, -0.2) is 20.1 Å². The van der Waals surface area contributed by atoms with Crippen molar-refractivity contribution in [2.45, 2.75) is 47.6 Å². The predicted octanol–water partition coefficient (Wildman–Crippen LogP) is 5.36. The number of furan rings is 1. The Morgan fingerprint density at radius 1 is 0.871 bits per heavy atom. The number of hydrogen-bond donors (Lipinski definition) is 1. The van der Waals surface area contributed by atoms with E-state index in [1.54, 1.807) is 20.3 Å². The first-order valence-corrected chi connectivity index (χ1v) is 10.4. The van der Waals surface area contributed by atoms with Crippen molar-refractivity contribution in [1.29, 1.82) is 0 Å². The smallest absolute Gasteiger partial charge is 0.287 e. The second kappa shape index (κ2) is 9.29. The summed E-state index contributed by atoms with van der Waals surface area (Å²) in [5, 5.41) is 2.90. The van der Waals surface area contributed by atoms with Crippen LogP contribution in [-0.2, 0) is 13.0 Å². The van der Waals surface area contributed by atoms with E-state index in [1.807, 2.05) is 24.3 Å². The number of benzene rings is 2. The molecule has 1 N–H and O–H groups in total. The normalized spacial score (nSPS) is 10.8. The topological polar surface area (TPSA) is 60.7 Å². The summed E-state index contributed by atoms with van der Waals surface area (Å²) >= 11 is 0. The lowest BCUT2D eigenvalue weighted by atomic mass is 9.88. The molecule has 31 heavy (non-hydrogen) atoms. The zero-order valence-corrected chi connectivity index (χ0v) is 19.4. The third-order valence-corrected chi connectivity index (χ3v) is 6.32. The summed E-state index contributed by atoms with van der Waals surface area (Å²) in [6, 6.07) is 9.19. The van der Waals surface area contributed by atoms with Crippen LogP contribution in [0.15, 0.2) is 34.7 Å². The molecule has 1 aromatic heterocycles. The Balaban J connectivity index is 1.74. The van der Waals surface area contributed by atoms with Gasteiger partial charge in [-0.05, 0) is 86.2 Å². The van der Waals surface area contributed by atoms with E-state index in [2.05, 4.69) is 39.9 Å². The van der Waals surface area contributed by atoms with Crippen molar-refractivity contribution in [3.8, 4) is 11.5 Å². The van der Waals surface area contributed by atoms with E-state index in [0.29, 0.717) is 30.2 Å². The number of amides is 1. The molecule has 0 aliphatic heterocycles. The Labute approximate surface area is 184 Å². The van der Waals surface area contributed by atoms with E-state index in [0.717, 1.165) is 11.3 Å². The van der Waals surface area contributed by atoms with E-state index in [9.17, 15) is 4.79 Å². The number of nitrogens with one attached hydrogen (secondary N) is 1. The molecule has 0 spiro atoms. The Kier molecular flexibility index (Phi) is 6.74. The SMILES string of the molecule is COc1cccc(CNC(=O)c2ccc(Cc3c(C)c(C)c(C)c(C)c3C)o2)c1OC. The number of methoxy groups -OCH3 is 2. The van der Waals surface area contributed by atoms with Gasteiger partial charge in [0.05, 0.1) is 14.2 Å². The number of carbonyl (C=O) groups is 1. The first-order valence-electron chi connectivity index (χ1n) is 10.4.